The number of carboxylic acids is 1. The topological polar surface area (TPSA) is 75.1 Å². The van der Waals surface area contributed by atoms with Crippen LogP contribution in [0.3, 0.4) is 0 Å². The summed E-state index contributed by atoms with van der Waals surface area (Å²) < 4.78 is 0. The molecule has 1 aromatic heterocycles. The van der Waals surface area contributed by atoms with Gasteiger partial charge in [-0.25, -0.2) is 9.97 Å². The molecule has 1 aliphatic carbocycles. The van der Waals surface area contributed by atoms with Crippen LogP contribution >= 0.6 is 0 Å². The fraction of sp³-hybridized carbons (Fsp3) is 0.471. The van der Waals surface area contributed by atoms with E-state index in [1.165, 1.54) is 0 Å². The predicted molar refractivity (Wildman–Crippen MR) is 85.8 cm³/mol. The van der Waals surface area contributed by atoms with Crippen molar-refractivity contribution in [1.29, 1.82) is 0 Å². The van der Waals surface area contributed by atoms with E-state index in [4.69, 9.17) is 0 Å². The lowest BCUT2D eigenvalue weighted by molar-refractivity contribution is -0.144. The maximum absolute atomic E-state index is 11.4. The van der Waals surface area contributed by atoms with Crippen molar-refractivity contribution in [2.75, 3.05) is 11.9 Å². The molecule has 0 bridgehead atoms. The summed E-state index contributed by atoms with van der Waals surface area (Å²) in [4.78, 5) is 20.5. The third-order valence-corrected chi connectivity index (χ3v) is 4.50. The Morgan fingerprint density at radius 2 is 1.91 bits per heavy atom. The molecule has 0 radical (unpaired) electrons. The number of benzene rings is 1. The van der Waals surface area contributed by atoms with Gasteiger partial charge in [0.1, 0.15) is 5.82 Å². The number of fused-ring (bicyclic) bond motifs is 1. The van der Waals surface area contributed by atoms with Gasteiger partial charge in [-0.3, -0.25) is 4.79 Å². The SMILES string of the molecule is Cc1nc2ccccc2nc1NC[C@@H]1CCCC[C@@H]1C(=O)O. The lowest BCUT2D eigenvalue weighted by Crippen LogP contribution is -2.32. The van der Waals surface area contributed by atoms with Crippen LogP contribution in [-0.2, 0) is 4.79 Å². The zero-order valence-corrected chi connectivity index (χ0v) is 12.7. The van der Waals surface area contributed by atoms with Gasteiger partial charge in [-0.15, -0.1) is 0 Å². The Morgan fingerprint density at radius 1 is 1.23 bits per heavy atom. The van der Waals surface area contributed by atoms with Crippen LogP contribution in [0, 0.1) is 18.8 Å². The molecule has 1 aliphatic rings. The van der Waals surface area contributed by atoms with Crippen LogP contribution in [0.4, 0.5) is 5.82 Å². The smallest absolute Gasteiger partial charge is 0.306 e. The maximum atomic E-state index is 11.4. The van der Waals surface area contributed by atoms with Crippen molar-refractivity contribution in [1.82, 2.24) is 9.97 Å². The van der Waals surface area contributed by atoms with Gasteiger partial charge in [0.2, 0.25) is 0 Å². The second-order valence-electron chi connectivity index (χ2n) is 6.02. The van der Waals surface area contributed by atoms with Gasteiger partial charge in [0.25, 0.3) is 0 Å². The van der Waals surface area contributed by atoms with E-state index in [0.29, 0.717) is 6.54 Å². The van der Waals surface area contributed by atoms with Crippen molar-refractivity contribution in [3.63, 3.8) is 0 Å². The van der Waals surface area contributed by atoms with Gasteiger partial charge in [0, 0.05) is 6.54 Å². The van der Waals surface area contributed by atoms with E-state index in [2.05, 4.69) is 15.3 Å². The molecule has 3 rings (SSSR count). The first kappa shape index (κ1) is 14.8. The van der Waals surface area contributed by atoms with E-state index in [1.54, 1.807) is 0 Å². The van der Waals surface area contributed by atoms with Crippen LogP contribution in [-0.4, -0.2) is 27.6 Å². The minimum absolute atomic E-state index is 0.166. The molecule has 1 saturated carbocycles. The van der Waals surface area contributed by atoms with Crippen LogP contribution in [0.15, 0.2) is 24.3 Å². The Hall–Kier alpha value is -2.17. The minimum atomic E-state index is -0.673. The molecule has 0 amide bonds. The molecule has 2 aromatic rings. The lowest BCUT2D eigenvalue weighted by atomic mass is 9.79. The fourth-order valence-corrected chi connectivity index (χ4v) is 3.26. The number of rotatable bonds is 4. The molecule has 0 saturated heterocycles. The van der Waals surface area contributed by atoms with Gasteiger partial charge >= 0.3 is 5.97 Å². The van der Waals surface area contributed by atoms with Gasteiger partial charge in [0.05, 0.1) is 22.6 Å². The quantitative estimate of drug-likeness (QED) is 0.906. The zero-order valence-electron chi connectivity index (χ0n) is 12.7. The number of carbonyl (C=O) groups is 1. The van der Waals surface area contributed by atoms with E-state index in [0.717, 1.165) is 48.2 Å². The Labute approximate surface area is 129 Å². The van der Waals surface area contributed by atoms with Crippen molar-refractivity contribution >= 4 is 22.8 Å². The second-order valence-corrected chi connectivity index (χ2v) is 6.02. The van der Waals surface area contributed by atoms with E-state index in [9.17, 15) is 9.90 Å². The van der Waals surface area contributed by atoms with Gasteiger partial charge in [0.15, 0.2) is 0 Å². The van der Waals surface area contributed by atoms with Crippen LogP contribution < -0.4 is 5.32 Å². The third-order valence-electron chi connectivity index (χ3n) is 4.50. The molecule has 1 fully saturated rings. The highest BCUT2D eigenvalue weighted by molar-refractivity contribution is 5.76. The summed E-state index contributed by atoms with van der Waals surface area (Å²) in [5, 5.41) is 12.7. The summed E-state index contributed by atoms with van der Waals surface area (Å²) in [5.41, 5.74) is 2.59. The molecule has 1 aromatic carbocycles. The maximum Gasteiger partial charge on any atom is 0.306 e. The number of para-hydroxylation sites is 2. The van der Waals surface area contributed by atoms with Crippen molar-refractivity contribution in [3.8, 4) is 0 Å². The van der Waals surface area contributed by atoms with Crippen molar-refractivity contribution in [2.24, 2.45) is 11.8 Å². The number of hydrogen-bond donors (Lipinski definition) is 2. The van der Waals surface area contributed by atoms with E-state index >= 15 is 0 Å². The average molecular weight is 299 g/mol. The number of anilines is 1. The summed E-state index contributed by atoms with van der Waals surface area (Å²) in [7, 11) is 0. The van der Waals surface area contributed by atoms with Crippen molar-refractivity contribution in [3.05, 3.63) is 30.0 Å². The molecule has 22 heavy (non-hydrogen) atoms. The van der Waals surface area contributed by atoms with Crippen LogP contribution in [0.25, 0.3) is 11.0 Å². The molecular formula is C17H21N3O2. The predicted octanol–water partition coefficient (Wildman–Crippen LogP) is 3.24. The van der Waals surface area contributed by atoms with Gasteiger partial charge in [-0.2, -0.15) is 0 Å². The summed E-state index contributed by atoms with van der Waals surface area (Å²) in [6.07, 6.45) is 3.87. The number of nitrogens with one attached hydrogen (secondary N) is 1. The minimum Gasteiger partial charge on any atom is -0.481 e. The number of aliphatic carboxylic acids is 1. The first-order valence-electron chi connectivity index (χ1n) is 7.85. The monoisotopic (exact) mass is 299 g/mol. The third kappa shape index (κ3) is 3.03. The Kier molecular flexibility index (Phi) is 4.22. The lowest BCUT2D eigenvalue weighted by Gasteiger charge is -2.28. The van der Waals surface area contributed by atoms with Gasteiger partial charge in [-0.05, 0) is 37.8 Å². The molecule has 5 nitrogen and oxygen atoms in total. The molecular weight excluding hydrogens is 278 g/mol. The van der Waals surface area contributed by atoms with E-state index in [1.807, 2.05) is 31.2 Å². The Balaban J connectivity index is 1.75. The standard InChI is InChI=1S/C17H21N3O2/c1-11-16(20-15-9-5-4-8-14(15)19-11)18-10-12-6-2-3-7-13(12)17(21)22/h4-5,8-9,12-13H,2-3,6-7,10H2,1H3,(H,18,20)(H,21,22)/t12-,13-/m0/s1. The number of aryl methyl sites for hydroxylation is 1. The number of nitrogens with zero attached hydrogens (tertiary/aromatic N) is 2. The Bertz CT molecular complexity index is 687. The number of carboxylic acid groups (broad SMARTS) is 1. The highest BCUT2D eigenvalue weighted by Gasteiger charge is 2.30. The summed E-state index contributed by atoms with van der Waals surface area (Å²) in [6.45, 7) is 2.57. The first-order valence-corrected chi connectivity index (χ1v) is 7.85. The molecule has 0 spiro atoms. The van der Waals surface area contributed by atoms with Crippen molar-refractivity contribution < 1.29 is 9.90 Å². The highest BCUT2D eigenvalue weighted by atomic mass is 16.4. The molecule has 0 unspecified atom stereocenters. The Morgan fingerprint density at radius 3 is 2.64 bits per heavy atom. The van der Waals surface area contributed by atoms with Gasteiger partial charge in [-0.1, -0.05) is 25.0 Å². The largest absolute Gasteiger partial charge is 0.481 e. The highest BCUT2D eigenvalue weighted by Crippen LogP contribution is 2.30. The second kappa shape index (κ2) is 6.30. The summed E-state index contributed by atoms with van der Waals surface area (Å²) in [5.74, 6) is 0.00937. The zero-order chi connectivity index (χ0) is 15.5. The summed E-state index contributed by atoms with van der Waals surface area (Å²) in [6, 6.07) is 7.77. The number of aromatic nitrogens is 2. The molecule has 0 aliphatic heterocycles. The average Bonchev–Trinajstić information content (AvgIpc) is 2.53. The normalized spacial score (nSPS) is 21.7. The van der Waals surface area contributed by atoms with Crippen LogP contribution in [0.1, 0.15) is 31.4 Å². The van der Waals surface area contributed by atoms with Crippen LogP contribution in [0.5, 0.6) is 0 Å². The summed E-state index contributed by atoms with van der Waals surface area (Å²) >= 11 is 0. The number of hydrogen-bond acceptors (Lipinski definition) is 4. The van der Waals surface area contributed by atoms with E-state index in [-0.39, 0.29) is 11.8 Å². The first-order chi connectivity index (χ1) is 10.6. The molecule has 1 heterocycles. The van der Waals surface area contributed by atoms with Crippen LogP contribution in [0.2, 0.25) is 0 Å². The molecule has 2 atom stereocenters. The van der Waals surface area contributed by atoms with E-state index < -0.39 is 5.97 Å². The molecule has 2 N–H and O–H groups in total. The fourth-order valence-electron chi connectivity index (χ4n) is 3.26. The molecule has 5 heteroatoms. The molecule has 116 valence electrons. The van der Waals surface area contributed by atoms with Gasteiger partial charge < -0.3 is 10.4 Å². The van der Waals surface area contributed by atoms with Crippen molar-refractivity contribution in [2.45, 2.75) is 32.6 Å².